The highest BCUT2D eigenvalue weighted by molar-refractivity contribution is 5.79. The van der Waals surface area contributed by atoms with E-state index in [4.69, 9.17) is 5.11 Å². The molecule has 1 heterocycles. The summed E-state index contributed by atoms with van der Waals surface area (Å²) in [6, 6.07) is 8.16. The fourth-order valence-corrected chi connectivity index (χ4v) is 1.57. The number of halogens is 1. The number of carboxylic acids is 1. The van der Waals surface area contributed by atoms with Crippen LogP contribution in [0.3, 0.4) is 0 Å². The molecule has 0 amide bonds. The molecule has 0 radical (unpaired) electrons. The number of hydrogen-bond donors (Lipinski definition) is 2. The first-order valence-electron chi connectivity index (χ1n) is 5.32. The number of carboxylic acid groups (broad SMARTS) is 1. The molecule has 0 saturated carbocycles. The van der Waals surface area contributed by atoms with Crippen LogP contribution in [0, 0.1) is 5.82 Å². The van der Waals surface area contributed by atoms with Crippen molar-refractivity contribution in [2.75, 3.05) is 5.32 Å². The summed E-state index contributed by atoms with van der Waals surface area (Å²) in [4.78, 5) is 15.1. The third-order valence-electron chi connectivity index (χ3n) is 2.44. The zero-order valence-corrected chi connectivity index (χ0v) is 9.38. The smallest absolute Gasteiger partial charge is 0.330 e. The number of nitrogens with zero attached hydrogens (tertiary/aromatic N) is 1. The van der Waals surface area contributed by atoms with Crippen molar-refractivity contribution in [3.05, 3.63) is 60.2 Å². The van der Waals surface area contributed by atoms with Gasteiger partial charge >= 0.3 is 5.97 Å². The van der Waals surface area contributed by atoms with Crippen molar-refractivity contribution >= 4 is 11.7 Å². The molecule has 0 fully saturated rings. The molecule has 1 aromatic carbocycles. The molecule has 0 aliphatic carbocycles. The van der Waals surface area contributed by atoms with Gasteiger partial charge in [-0.05, 0) is 18.2 Å². The Hall–Kier alpha value is -2.43. The summed E-state index contributed by atoms with van der Waals surface area (Å²) < 4.78 is 13.5. The minimum absolute atomic E-state index is 0.147. The van der Waals surface area contributed by atoms with Crippen LogP contribution < -0.4 is 5.32 Å². The Morgan fingerprint density at radius 1 is 1.28 bits per heavy atom. The van der Waals surface area contributed by atoms with E-state index < -0.39 is 17.8 Å². The third-order valence-corrected chi connectivity index (χ3v) is 2.44. The molecule has 18 heavy (non-hydrogen) atoms. The lowest BCUT2D eigenvalue weighted by molar-refractivity contribution is -0.138. The molecule has 4 nitrogen and oxygen atoms in total. The second-order valence-corrected chi connectivity index (χ2v) is 3.68. The number of aliphatic carboxylic acids is 1. The number of carbonyl (C=O) groups is 1. The van der Waals surface area contributed by atoms with Crippen molar-refractivity contribution in [3.8, 4) is 0 Å². The molecule has 0 bridgehead atoms. The zero-order chi connectivity index (χ0) is 13.0. The highest BCUT2D eigenvalue weighted by Crippen LogP contribution is 2.21. The normalized spacial score (nSPS) is 11.8. The SMILES string of the molecule is O=C(O)C(Nc1ccccc1F)c1cccnc1. The van der Waals surface area contributed by atoms with Crippen molar-refractivity contribution in [2.24, 2.45) is 0 Å². The van der Waals surface area contributed by atoms with Gasteiger partial charge in [-0.25, -0.2) is 9.18 Å². The average molecular weight is 246 g/mol. The number of nitrogens with one attached hydrogen (secondary N) is 1. The first-order valence-corrected chi connectivity index (χ1v) is 5.32. The van der Waals surface area contributed by atoms with Gasteiger partial charge in [-0.3, -0.25) is 4.98 Å². The van der Waals surface area contributed by atoms with E-state index in [2.05, 4.69) is 10.3 Å². The Labute approximate surface area is 103 Å². The molecule has 92 valence electrons. The van der Waals surface area contributed by atoms with Crippen LogP contribution in [0.25, 0.3) is 0 Å². The number of hydrogen-bond acceptors (Lipinski definition) is 3. The van der Waals surface area contributed by atoms with E-state index >= 15 is 0 Å². The molecule has 0 saturated heterocycles. The molecule has 1 unspecified atom stereocenters. The highest BCUT2D eigenvalue weighted by atomic mass is 19.1. The zero-order valence-electron chi connectivity index (χ0n) is 9.38. The van der Waals surface area contributed by atoms with Gasteiger partial charge in [-0.1, -0.05) is 18.2 Å². The molecule has 2 N–H and O–H groups in total. The number of rotatable bonds is 4. The van der Waals surface area contributed by atoms with Gasteiger partial charge in [0.25, 0.3) is 0 Å². The number of aromatic nitrogens is 1. The van der Waals surface area contributed by atoms with Crippen LogP contribution >= 0.6 is 0 Å². The fourth-order valence-electron chi connectivity index (χ4n) is 1.57. The standard InChI is InChI=1S/C13H11FN2O2/c14-10-5-1-2-6-11(10)16-12(13(17)18)9-4-3-7-15-8-9/h1-8,12,16H,(H,17,18). The molecule has 2 aromatic rings. The van der Waals surface area contributed by atoms with E-state index in [9.17, 15) is 9.18 Å². The van der Waals surface area contributed by atoms with Crippen LogP contribution in [0.15, 0.2) is 48.8 Å². The van der Waals surface area contributed by atoms with E-state index in [-0.39, 0.29) is 5.69 Å². The predicted octanol–water partition coefficient (Wildman–Crippen LogP) is 2.46. The van der Waals surface area contributed by atoms with E-state index in [1.54, 1.807) is 30.5 Å². The largest absolute Gasteiger partial charge is 0.479 e. The Kier molecular flexibility index (Phi) is 3.52. The number of para-hydroxylation sites is 1. The summed E-state index contributed by atoms with van der Waals surface area (Å²) in [6.45, 7) is 0. The topological polar surface area (TPSA) is 62.2 Å². The van der Waals surface area contributed by atoms with Crippen LogP contribution in [0.1, 0.15) is 11.6 Å². The molecule has 0 aliphatic rings. The Morgan fingerprint density at radius 2 is 2.06 bits per heavy atom. The maximum absolute atomic E-state index is 13.5. The monoisotopic (exact) mass is 246 g/mol. The van der Waals surface area contributed by atoms with E-state index in [1.165, 1.54) is 18.3 Å². The third kappa shape index (κ3) is 2.63. The second-order valence-electron chi connectivity index (χ2n) is 3.68. The van der Waals surface area contributed by atoms with Gasteiger partial charge in [-0.15, -0.1) is 0 Å². The summed E-state index contributed by atoms with van der Waals surface area (Å²) in [6.07, 6.45) is 2.98. The summed E-state index contributed by atoms with van der Waals surface area (Å²) in [5.41, 5.74) is 0.613. The van der Waals surface area contributed by atoms with E-state index in [0.717, 1.165) is 0 Å². The molecule has 5 heteroatoms. The molecule has 0 aliphatic heterocycles. The Bertz CT molecular complexity index is 546. The maximum atomic E-state index is 13.5. The number of benzene rings is 1. The van der Waals surface area contributed by atoms with Gasteiger partial charge in [0.2, 0.25) is 0 Å². The van der Waals surface area contributed by atoms with Crippen molar-refractivity contribution < 1.29 is 14.3 Å². The van der Waals surface area contributed by atoms with Gasteiger partial charge in [0.15, 0.2) is 6.04 Å². The molecule has 2 rings (SSSR count). The van der Waals surface area contributed by atoms with Crippen molar-refractivity contribution in [1.82, 2.24) is 4.98 Å². The van der Waals surface area contributed by atoms with Crippen LogP contribution in [0.2, 0.25) is 0 Å². The fraction of sp³-hybridized carbons (Fsp3) is 0.0769. The quantitative estimate of drug-likeness (QED) is 0.869. The van der Waals surface area contributed by atoms with Crippen molar-refractivity contribution in [3.63, 3.8) is 0 Å². The minimum atomic E-state index is -1.09. The molecular weight excluding hydrogens is 235 g/mol. The summed E-state index contributed by atoms with van der Waals surface area (Å²) >= 11 is 0. The Morgan fingerprint density at radius 3 is 2.67 bits per heavy atom. The lowest BCUT2D eigenvalue weighted by atomic mass is 10.1. The predicted molar refractivity (Wildman–Crippen MR) is 64.6 cm³/mol. The summed E-state index contributed by atoms with van der Waals surface area (Å²) in [5.74, 6) is -1.58. The van der Waals surface area contributed by atoms with Gasteiger partial charge in [0.05, 0.1) is 5.69 Å². The second kappa shape index (κ2) is 5.27. The molecule has 1 aromatic heterocycles. The first kappa shape index (κ1) is 12.0. The first-order chi connectivity index (χ1) is 8.68. The maximum Gasteiger partial charge on any atom is 0.330 e. The summed E-state index contributed by atoms with van der Waals surface area (Å²) in [7, 11) is 0. The van der Waals surface area contributed by atoms with Gasteiger partial charge in [0, 0.05) is 18.0 Å². The van der Waals surface area contributed by atoms with Crippen LogP contribution in [0.4, 0.5) is 10.1 Å². The van der Waals surface area contributed by atoms with E-state index in [0.29, 0.717) is 5.56 Å². The number of anilines is 1. The van der Waals surface area contributed by atoms with Crippen LogP contribution in [-0.2, 0) is 4.79 Å². The van der Waals surface area contributed by atoms with Gasteiger partial charge in [0.1, 0.15) is 5.82 Å². The highest BCUT2D eigenvalue weighted by Gasteiger charge is 2.20. The van der Waals surface area contributed by atoms with E-state index in [1.807, 2.05) is 0 Å². The van der Waals surface area contributed by atoms with Crippen molar-refractivity contribution in [2.45, 2.75) is 6.04 Å². The molecular formula is C13H11FN2O2. The van der Waals surface area contributed by atoms with Crippen LogP contribution in [-0.4, -0.2) is 16.1 Å². The Balaban J connectivity index is 2.28. The average Bonchev–Trinajstić information content (AvgIpc) is 2.38. The minimum Gasteiger partial charge on any atom is -0.479 e. The van der Waals surface area contributed by atoms with Crippen LogP contribution in [0.5, 0.6) is 0 Å². The lowest BCUT2D eigenvalue weighted by Gasteiger charge is -2.16. The van der Waals surface area contributed by atoms with Crippen molar-refractivity contribution in [1.29, 1.82) is 0 Å². The van der Waals surface area contributed by atoms with Gasteiger partial charge in [-0.2, -0.15) is 0 Å². The number of pyridine rings is 1. The lowest BCUT2D eigenvalue weighted by Crippen LogP contribution is -2.21. The molecule has 0 spiro atoms. The van der Waals surface area contributed by atoms with Gasteiger partial charge < -0.3 is 10.4 Å². The summed E-state index contributed by atoms with van der Waals surface area (Å²) in [5, 5.41) is 11.8. The molecule has 1 atom stereocenters.